The minimum absolute atomic E-state index is 0.197. The third kappa shape index (κ3) is 6.49. The van der Waals surface area contributed by atoms with Crippen LogP contribution in [-0.4, -0.2) is 80.1 Å². The molecule has 2 aliphatic rings. The highest BCUT2D eigenvalue weighted by atomic mass is 16.5. The predicted molar refractivity (Wildman–Crippen MR) is 114 cm³/mol. The number of rotatable bonds is 2. The van der Waals surface area contributed by atoms with Gasteiger partial charge in [0.25, 0.3) is 0 Å². The zero-order valence-corrected chi connectivity index (χ0v) is 17.7. The van der Waals surface area contributed by atoms with Crippen molar-refractivity contribution in [2.75, 3.05) is 53.4 Å². The molecule has 1 saturated heterocycles. The summed E-state index contributed by atoms with van der Waals surface area (Å²) in [5, 5.41) is 0. The number of hydrogen-bond acceptors (Lipinski definition) is 4. The second-order valence-corrected chi connectivity index (χ2v) is 8.55. The number of ether oxygens (including phenoxy) is 1. The summed E-state index contributed by atoms with van der Waals surface area (Å²) in [5.74, 6) is 1.12. The van der Waals surface area contributed by atoms with Gasteiger partial charge in [-0.25, -0.2) is 0 Å². The van der Waals surface area contributed by atoms with Crippen LogP contribution in [0.2, 0.25) is 0 Å². The van der Waals surface area contributed by atoms with Crippen molar-refractivity contribution in [3.63, 3.8) is 0 Å². The van der Waals surface area contributed by atoms with Crippen molar-refractivity contribution in [2.24, 2.45) is 0 Å². The quantitative estimate of drug-likeness (QED) is 0.782. The van der Waals surface area contributed by atoms with Crippen LogP contribution in [0.4, 0.5) is 0 Å². The summed E-state index contributed by atoms with van der Waals surface area (Å²) in [6.45, 7) is 4.90. The zero-order chi connectivity index (χ0) is 19.8. The lowest BCUT2D eigenvalue weighted by Gasteiger charge is -2.36. The van der Waals surface area contributed by atoms with Crippen LogP contribution in [0, 0.1) is 0 Å². The predicted octanol–water partition coefficient (Wildman–Crippen LogP) is 3.04. The van der Waals surface area contributed by atoms with Gasteiger partial charge in [0.15, 0.2) is 0 Å². The Morgan fingerprint density at radius 2 is 1.86 bits per heavy atom. The molecule has 1 atom stereocenters. The van der Waals surface area contributed by atoms with E-state index in [4.69, 9.17) is 4.74 Å². The lowest BCUT2D eigenvalue weighted by atomic mass is 9.95. The smallest absolute Gasteiger partial charge is 0.236 e. The van der Waals surface area contributed by atoms with E-state index in [0.717, 1.165) is 38.1 Å². The first-order valence-electron chi connectivity index (χ1n) is 11.0. The number of amides is 1. The molecular formula is C23H37N3O2. The summed E-state index contributed by atoms with van der Waals surface area (Å²) in [6.07, 6.45) is 8.59. The van der Waals surface area contributed by atoms with Crippen molar-refractivity contribution < 1.29 is 9.53 Å². The highest BCUT2D eigenvalue weighted by molar-refractivity contribution is 5.78. The molecule has 2 heterocycles. The average molecular weight is 388 g/mol. The Bertz CT molecular complexity index is 620. The zero-order valence-electron chi connectivity index (χ0n) is 17.7. The second-order valence-electron chi connectivity index (χ2n) is 8.55. The van der Waals surface area contributed by atoms with Crippen molar-refractivity contribution in [1.82, 2.24) is 14.7 Å². The molecular weight excluding hydrogens is 350 g/mol. The highest BCUT2D eigenvalue weighted by Crippen LogP contribution is 2.23. The molecule has 0 saturated carbocycles. The average Bonchev–Trinajstić information content (AvgIpc) is 2.68. The van der Waals surface area contributed by atoms with Crippen molar-refractivity contribution in [2.45, 2.75) is 51.0 Å². The molecule has 156 valence electrons. The second kappa shape index (κ2) is 10.8. The Hall–Kier alpha value is -1.59. The minimum Gasteiger partial charge on any atom is -0.492 e. The van der Waals surface area contributed by atoms with E-state index >= 15 is 0 Å². The largest absolute Gasteiger partial charge is 0.492 e. The van der Waals surface area contributed by atoms with Gasteiger partial charge in [-0.05, 0) is 83.4 Å². The normalized spacial score (nSPS) is 22.7. The lowest BCUT2D eigenvalue weighted by molar-refractivity contribution is -0.132. The summed E-state index contributed by atoms with van der Waals surface area (Å²) < 4.78 is 6.00. The van der Waals surface area contributed by atoms with Gasteiger partial charge in [-0.2, -0.15) is 0 Å². The SMILES string of the molecule is CN(C)CC(=O)N1CCCCN2CCCCC2CCc2cccc(c2)OCC1. The van der Waals surface area contributed by atoms with E-state index in [1.807, 2.05) is 30.0 Å². The molecule has 3 rings (SSSR count). The Morgan fingerprint density at radius 3 is 2.68 bits per heavy atom. The summed E-state index contributed by atoms with van der Waals surface area (Å²) in [5.41, 5.74) is 1.36. The number of hydrogen-bond donors (Lipinski definition) is 0. The summed E-state index contributed by atoms with van der Waals surface area (Å²) in [7, 11) is 3.90. The number of fused-ring (bicyclic) bond motifs is 3. The van der Waals surface area contributed by atoms with Gasteiger partial charge in [0.2, 0.25) is 5.91 Å². The van der Waals surface area contributed by atoms with Crippen molar-refractivity contribution in [3.05, 3.63) is 29.8 Å². The van der Waals surface area contributed by atoms with Gasteiger partial charge >= 0.3 is 0 Å². The van der Waals surface area contributed by atoms with Gasteiger partial charge in [-0.3, -0.25) is 4.79 Å². The number of piperidine rings is 1. The fraction of sp³-hybridized carbons (Fsp3) is 0.696. The molecule has 1 aromatic rings. The highest BCUT2D eigenvalue weighted by Gasteiger charge is 2.22. The van der Waals surface area contributed by atoms with E-state index < -0.39 is 0 Å². The fourth-order valence-corrected chi connectivity index (χ4v) is 4.43. The number of nitrogens with zero attached hydrogens (tertiary/aromatic N) is 3. The van der Waals surface area contributed by atoms with Gasteiger partial charge in [-0.15, -0.1) is 0 Å². The van der Waals surface area contributed by atoms with Crippen LogP contribution in [0.25, 0.3) is 0 Å². The fourth-order valence-electron chi connectivity index (χ4n) is 4.43. The molecule has 1 fully saturated rings. The summed E-state index contributed by atoms with van der Waals surface area (Å²) in [4.78, 5) is 19.3. The third-order valence-electron chi connectivity index (χ3n) is 5.97. The molecule has 5 heteroatoms. The van der Waals surface area contributed by atoms with Gasteiger partial charge in [0.1, 0.15) is 12.4 Å². The first-order chi connectivity index (χ1) is 13.6. The number of likely N-dealkylation sites (N-methyl/N-ethyl adjacent to an activating group) is 1. The van der Waals surface area contributed by atoms with E-state index in [-0.39, 0.29) is 5.91 Å². The summed E-state index contributed by atoms with van der Waals surface area (Å²) >= 11 is 0. The number of aryl methyl sites for hydroxylation is 1. The van der Waals surface area contributed by atoms with Crippen molar-refractivity contribution >= 4 is 5.91 Å². The maximum absolute atomic E-state index is 12.6. The molecule has 0 N–H and O–H groups in total. The third-order valence-corrected chi connectivity index (χ3v) is 5.97. The molecule has 0 spiro atoms. The Kier molecular flexibility index (Phi) is 8.16. The lowest BCUT2D eigenvalue weighted by Crippen LogP contribution is -2.42. The van der Waals surface area contributed by atoms with E-state index in [2.05, 4.69) is 23.1 Å². The Morgan fingerprint density at radius 1 is 1.07 bits per heavy atom. The van der Waals surface area contributed by atoms with Crippen molar-refractivity contribution in [3.8, 4) is 5.75 Å². The summed E-state index contributed by atoms with van der Waals surface area (Å²) in [6, 6.07) is 9.22. The van der Waals surface area contributed by atoms with Gasteiger partial charge in [0.05, 0.1) is 13.1 Å². The molecule has 28 heavy (non-hydrogen) atoms. The minimum atomic E-state index is 0.197. The molecule has 1 unspecified atom stereocenters. The van der Waals surface area contributed by atoms with Crippen LogP contribution in [0.3, 0.4) is 0 Å². The molecule has 0 aliphatic carbocycles. The Labute approximate surface area is 170 Å². The van der Waals surface area contributed by atoms with Crippen LogP contribution in [-0.2, 0) is 11.2 Å². The monoisotopic (exact) mass is 387 g/mol. The van der Waals surface area contributed by atoms with E-state index in [1.165, 1.54) is 37.8 Å². The number of benzene rings is 1. The van der Waals surface area contributed by atoms with Crippen LogP contribution in [0.1, 0.15) is 44.1 Å². The number of carbonyl (C=O) groups excluding carboxylic acids is 1. The number of carbonyl (C=O) groups is 1. The maximum Gasteiger partial charge on any atom is 0.236 e. The van der Waals surface area contributed by atoms with E-state index in [1.54, 1.807) is 0 Å². The van der Waals surface area contributed by atoms with E-state index in [9.17, 15) is 4.79 Å². The Balaban J connectivity index is 1.69. The molecule has 0 radical (unpaired) electrons. The van der Waals surface area contributed by atoms with E-state index in [0.29, 0.717) is 25.7 Å². The maximum atomic E-state index is 12.6. The topological polar surface area (TPSA) is 36.0 Å². The molecule has 1 amide bonds. The standard InChI is InChI=1S/C23H37N3O2/c1-24(2)19-23(27)26-15-6-5-14-25-13-4-3-9-21(25)12-11-20-8-7-10-22(18-20)28-17-16-26/h7-8,10,18,21H,3-6,9,11-17,19H2,1-2H3. The first kappa shape index (κ1) is 21.1. The van der Waals surface area contributed by atoms with Gasteiger partial charge in [-0.1, -0.05) is 18.6 Å². The van der Waals surface area contributed by atoms with Crippen molar-refractivity contribution in [1.29, 1.82) is 0 Å². The molecule has 0 aromatic heterocycles. The van der Waals surface area contributed by atoms with Crippen LogP contribution in [0.5, 0.6) is 5.75 Å². The van der Waals surface area contributed by atoms with Crippen LogP contribution >= 0.6 is 0 Å². The molecule has 2 bridgehead atoms. The molecule has 1 aromatic carbocycles. The van der Waals surface area contributed by atoms with Gasteiger partial charge in [0, 0.05) is 12.6 Å². The first-order valence-corrected chi connectivity index (χ1v) is 11.0. The molecule has 5 nitrogen and oxygen atoms in total. The van der Waals surface area contributed by atoms with Gasteiger partial charge < -0.3 is 19.4 Å². The molecule has 2 aliphatic heterocycles. The van der Waals surface area contributed by atoms with Crippen LogP contribution in [0.15, 0.2) is 24.3 Å². The van der Waals surface area contributed by atoms with Crippen LogP contribution < -0.4 is 4.74 Å².